The molecule has 0 atom stereocenters. The maximum absolute atomic E-state index is 12.7. The molecule has 0 saturated carbocycles. The molecular formula is C14H14F3NO. The van der Waals surface area contributed by atoms with Gasteiger partial charge in [0.2, 0.25) is 0 Å². The summed E-state index contributed by atoms with van der Waals surface area (Å²) in [5, 5.41) is 0.357. The number of halogens is 3. The zero-order valence-electron chi connectivity index (χ0n) is 10.9. The third-order valence-corrected chi connectivity index (χ3v) is 3.10. The van der Waals surface area contributed by atoms with Gasteiger partial charge in [-0.05, 0) is 39.0 Å². The number of alkyl halides is 3. The minimum Gasteiger partial charge on any atom is -0.344 e. The normalized spacial score (nSPS) is 12.4. The van der Waals surface area contributed by atoms with Crippen molar-refractivity contribution in [1.82, 2.24) is 4.57 Å². The smallest absolute Gasteiger partial charge is 0.344 e. The SMILES string of the molecule is CC(=O)c1cn(C(C)C)c2ccc(C(F)(F)F)cc12. The van der Waals surface area contributed by atoms with Crippen LogP contribution in [0.15, 0.2) is 24.4 Å². The van der Waals surface area contributed by atoms with E-state index < -0.39 is 11.7 Å². The van der Waals surface area contributed by atoms with Crippen LogP contribution in [0.25, 0.3) is 10.9 Å². The Hall–Kier alpha value is -1.78. The Morgan fingerprint density at radius 2 is 1.89 bits per heavy atom. The summed E-state index contributed by atoms with van der Waals surface area (Å²) in [6.07, 6.45) is -2.78. The molecule has 0 bridgehead atoms. The number of benzene rings is 1. The van der Waals surface area contributed by atoms with Gasteiger partial charge in [-0.1, -0.05) is 0 Å². The molecule has 0 aliphatic rings. The standard InChI is InChI=1S/C14H14F3NO/c1-8(2)18-7-12(9(3)19)11-6-10(14(15,16)17)4-5-13(11)18/h4-8H,1-3H3. The Morgan fingerprint density at radius 3 is 2.37 bits per heavy atom. The zero-order valence-corrected chi connectivity index (χ0v) is 10.9. The third kappa shape index (κ3) is 2.37. The van der Waals surface area contributed by atoms with E-state index in [1.165, 1.54) is 13.0 Å². The molecule has 0 spiro atoms. The quantitative estimate of drug-likeness (QED) is 0.738. The van der Waals surface area contributed by atoms with Gasteiger partial charge in [-0.2, -0.15) is 13.2 Å². The number of aromatic nitrogens is 1. The Kier molecular flexibility index (Phi) is 3.16. The molecule has 1 aromatic carbocycles. The molecule has 0 radical (unpaired) electrons. The van der Waals surface area contributed by atoms with Gasteiger partial charge < -0.3 is 4.57 Å². The Morgan fingerprint density at radius 1 is 1.26 bits per heavy atom. The van der Waals surface area contributed by atoms with E-state index in [0.29, 0.717) is 16.5 Å². The highest BCUT2D eigenvalue weighted by Crippen LogP contribution is 2.34. The molecule has 0 N–H and O–H groups in total. The number of carbonyl (C=O) groups excluding carboxylic acids is 1. The van der Waals surface area contributed by atoms with Crippen LogP contribution in [0.4, 0.5) is 13.2 Å². The number of Topliss-reactive ketones (excluding diaryl/α,β-unsaturated/α-hetero) is 1. The molecule has 0 unspecified atom stereocenters. The first-order chi connectivity index (χ1) is 8.71. The molecule has 0 aliphatic heterocycles. The van der Waals surface area contributed by atoms with E-state index in [1.54, 1.807) is 6.20 Å². The molecule has 2 nitrogen and oxygen atoms in total. The lowest BCUT2D eigenvalue weighted by molar-refractivity contribution is -0.137. The van der Waals surface area contributed by atoms with Gasteiger partial charge in [-0.3, -0.25) is 4.79 Å². The Labute approximate surface area is 108 Å². The third-order valence-electron chi connectivity index (χ3n) is 3.10. The zero-order chi connectivity index (χ0) is 14.4. The number of rotatable bonds is 2. The second kappa shape index (κ2) is 4.40. The first-order valence-electron chi connectivity index (χ1n) is 5.94. The van der Waals surface area contributed by atoms with Crippen LogP contribution in [0.2, 0.25) is 0 Å². The van der Waals surface area contributed by atoms with Crippen molar-refractivity contribution in [3.8, 4) is 0 Å². The number of hydrogen-bond acceptors (Lipinski definition) is 1. The molecular weight excluding hydrogens is 255 g/mol. The van der Waals surface area contributed by atoms with E-state index in [9.17, 15) is 18.0 Å². The van der Waals surface area contributed by atoms with Crippen LogP contribution < -0.4 is 0 Å². The van der Waals surface area contributed by atoms with E-state index >= 15 is 0 Å². The van der Waals surface area contributed by atoms with Crippen molar-refractivity contribution >= 4 is 16.7 Å². The highest BCUT2D eigenvalue weighted by atomic mass is 19.4. The predicted molar refractivity (Wildman–Crippen MR) is 67.3 cm³/mol. The average Bonchev–Trinajstić information content (AvgIpc) is 2.66. The van der Waals surface area contributed by atoms with E-state index in [-0.39, 0.29) is 11.8 Å². The van der Waals surface area contributed by atoms with Crippen molar-refractivity contribution in [2.75, 3.05) is 0 Å². The van der Waals surface area contributed by atoms with Gasteiger partial charge in [0.15, 0.2) is 5.78 Å². The summed E-state index contributed by atoms with van der Waals surface area (Å²) in [6, 6.07) is 3.59. The predicted octanol–water partition coefficient (Wildman–Crippen LogP) is 4.44. The van der Waals surface area contributed by atoms with Crippen LogP contribution >= 0.6 is 0 Å². The summed E-state index contributed by atoms with van der Waals surface area (Å²) in [5.74, 6) is -0.233. The van der Waals surface area contributed by atoms with Gasteiger partial charge in [0.05, 0.1) is 5.56 Å². The topological polar surface area (TPSA) is 22.0 Å². The highest BCUT2D eigenvalue weighted by Gasteiger charge is 2.31. The molecule has 0 amide bonds. The van der Waals surface area contributed by atoms with Gasteiger partial charge in [0.25, 0.3) is 0 Å². The molecule has 102 valence electrons. The van der Waals surface area contributed by atoms with Crippen LogP contribution in [0.5, 0.6) is 0 Å². The summed E-state index contributed by atoms with van der Waals surface area (Å²) in [6.45, 7) is 5.20. The fourth-order valence-corrected chi connectivity index (χ4v) is 2.14. The maximum Gasteiger partial charge on any atom is 0.416 e. The van der Waals surface area contributed by atoms with Gasteiger partial charge in [0, 0.05) is 28.7 Å². The van der Waals surface area contributed by atoms with Crippen molar-refractivity contribution < 1.29 is 18.0 Å². The number of fused-ring (bicyclic) bond motifs is 1. The minimum atomic E-state index is -4.40. The molecule has 0 fully saturated rings. The number of ketones is 1. The average molecular weight is 269 g/mol. The lowest BCUT2D eigenvalue weighted by Crippen LogP contribution is -2.05. The molecule has 1 heterocycles. The molecule has 2 aromatic rings. The van der Waals surface area contributed by atoms with Gasteiger partial charge in [-0.15, -0.1) is 0 Å². The van der Waals surface area contributed by atoms with Crippen molar-refractivity contribution in [3.63, 3.8) is 0 Å². The van der Waals surface area contributed by atoms with Crippen molar-refractivity contribution in [3.05, 3.63) is 35.5 Å². The summed E-state index contributed by atoms with van der Waals surface area (Å²) < 4.78 is 40.0. The molecule has 0 saturated heterocycles. The minimum absolute atomic E-state index is 0.0762. The van der Waals surface area contributed by atoms with E-state index in [4.69, 9.17) is 0 Å². The molecule has 0 aliphatic carbocycles. The molecule has 2 rings (SSSR count). The van der Waals surface area contributed by atoms with Gasteiger partial charge >= 0.3 is 6.18 Å². The fourth-order valence-electron chi connectivity index (χ4n) is 2.14. The van der Waals surface area contributed by atoms with Crippen molar-refractivity contribution in [2.24, 2.45) is 0 Å². The number of carbonyl (C=O) groups is 1. The Balaban J connectivity index is 2.77. The van der Waals surface area contributed by atoms with Crippen LogP contribution in [-0.4, -0.2) is 10.4 Å². The Bertz CT molecular complexity index is 638. The monoisotopic (exact) mass is 269 g/mol. The summed E-state index contributed by atoms with van der Waals surface area (Å²) in [7, 11) is 0. The fraction of sp³-hybridized carbons (Fsp3) is 0.357. The number of hydrogen-bond donors (Lipinski definition) is 0. The second-order valence-electron chi connectivity index (χ2n) is 4.83. The lowest BCUT2D eigenvalue weighted by Gasteiger charge is -2.10. The summed E-state index contributed by atoms with van der Waals surface area (Å²) in [5.41, 5.74) is 0.243. The molecule has 19 heavy (non-hydrogen) atoms. The van der Waals surface area contributed by atoms with Crippen molar-refractivity contribution in [2.45, 2.75) is 33.0 Å². The van der Waals surface area contributed by atoms with Gasteiger partial charge in [0.1, 0.15) is 0 Å². The lowest BCUT2D eigenvalue weighted by atomic mass is 10.1. The van der Waals surface area contributed by atoms with Gasteiger partial charge in [-0.25, -0.2) is 0 Å². The van der Waals surface area contributed by atoms with Crippen LogP contribution in [0.3, 0.4) is 0 Å². The van der Waals surface area contributed by atoms with E-state index in [2.05, 4.69) is 0 Å². The maximum atomic E-state index is 12.7. The van der Waals surface area contributed by atoms with Crippen molar-refractivity contribution in [1.29, 1.82) is 0 Å². The molecule has 5 heteroatoms. The van der Waals surface area contributed by atoms with Crippen LogP contribution in [-0.2, 0) is 6.18 Å². The first kappa shape index (κ1) is 13.6. The summed E-state index contributed by atoms with van der Waals surface area (Å²) >= 11 is 0. The molecule has 1 aromatic heterocycles. The summed E-state index contributed by atoms with van der Waals surface area (Å²) in [4.78, 5) is 11.6. The second-order valence-corrected chi connectivity index (χ2v) is 4.83. The van der Waals surface area contributed by atoms with E-state index in [1.807, 2.05) is 18.4 Å². The van der Waals surface area contributed by atoms with E-state index in [0.717, 1.165) is 12.1 Å². The highest BCUT2D eigenvalue weighted by molar-refractivity contribution is 6.07. The first-order valence-corrected chi connectivity index (χ1v) is 5.94. The van der Waals surface area contributed by atoms with Crippen LogP contribution in [0.1, 0.15) is 42.7 Å². The number of nitrogens with zero attached hydrogens (tertiary/aromatic N) is 1. The largest absolute Gasteiger partial charge is 0.416 e. The van der Waals surface area contributed by atoms with Crippen LogP contribution in [0, 0.1) is 0 Å².